The van der Waals surface area contributed by atoms with Crippen molar-refractivity contribution in [2.75, 3.05) is 23.7 Å². The number of ether oxygens (including phenoxy) is 1. The van der Waals surface area contributed by atoms with Crippen molar-refractivity contribution in [1.82, 2.24) is 10.2 Å². The van der Waals surface area contributed by atoms with E-state index in [2.05, 4.69) is 5.32 Å². The van der Waals surface area contributed by atoms with E-state index in [0.717, 1.165) is 9.20 Å². The van der Waals surface area contributed by atoms with E-state index < -0.39 is 34.1 Å². The average Bonchev–Trinajstić information content (AvgIpc) is 2.96. The number of hydrogen-bond acceptors (Lipinski definition) is 6. The summed E-state index contributed by atoms with van der Waals surface area (Å²) < 4.78 is 35.3. The maximum Gasteiger partial charge on any atom is 0.264 e. The molecule has 0 saturated heterocycles. The molecule has 0 heterocycles. The van der Waals surface area contributed by atoms with Gasteiger partial charge in [-0.25, -0.2) is 8.42 Å². The van der Waals surface area contributed by atoms with Crippen LogP contribution in [0.5, 0.6) is 5.75 Å². The van der Waals surface area contributed by atoms with Crippen LogP contribution in [0.4, 0.5) is 5.69 Å². The molecule has 44 heavy (non-hydrogen) atoms. The highest BCUT2D eigenvalue weighted by Gasteiger charge is 2.36. The number of amides is 2. The fourth-order valence-corrected chi connectivity index (χ4v) is 6.91. The number of nitrogens with one attached hydrogen (secondary N) is 1. The summed E-state index contributed by atoms with van der Waals surface area (Å²) in [4.78, 5) is 30.2. The molecular formula is C32H39Cl2N3O5S2. The molecule has 0 aliphatic heterocycles. The number of carbonyl (C=O) groups excluding carboxylic acids is 2. The smallest absolute Gasteiger partial charge is 0.264 e. The molecule has 3 aromatic carbocycles. The number of hydrogen-bond donors (Lipinski definition) is 1. The number of benzene rings is 3. The number of anilines is 1. The van der Waals surface area contributed by atoms with Crippen LogP contribution in [0.25, 0.3) is 0 Å². The van der Waals surface area contributed by atoms with E-state index >= 15 is 0 Å². The Hall–Kier alpha value is -2.92. The van der Waals surface area contributed by atoms with Crippen LogP contribution >= 0.6 is 35.0 Å². The van der Waals surface area contributed by atoms with Crippen molar-refractivity contribution < 1.29 is 22.7 Å². The van der Waals surface area contributed by atoms with E-state index in [4.69, 9.17) is 27.9 Å². The molecule has 0 radical (unpaired) electrons. The number of para-hydroxylation sites is 2. The predicted octanol–water partition coefficient (Wildman–Crippen LogP) is 7.03. The molecule has 8 nitrogen and oxygen atoms in total. The highest BCUT2D eigenvalue weighted by atomic mass is 35.5. The first-order chi connectivity index (χ1) is 20.7. The lowest BCUT2D eigenvalue weighted by Crippen LogP contribution is -2.55. The van der Waals surface area contributed by atoms with E-state index in [-0.39, 0.29) is 36.1 Å². The van der Waals surface area contributed by atoms with Gasteiger partial charge in [-0.3, -0.25) is 13.9 Å². The first-order valence-electron chi connectivity index (χ1n) is 14.2. The van der Waals surface area contributed by atoms with Gasteiger partial charge in [-0.05, 0) is 88.9 Å². The Morgan fingerprint density at radius 1 is 0.955 bits per heavy atom. The van der Waals surface area contributed by atoms with Gasteiger partial charge in [0, 0.05) is 32.6 Å². The zero-order chi connectivity index (χ0) is 32.7. The SMILES string of the molecule is CCOc1ccccc1N(CC(=O)N(Cc1c(Cl)cccc1Cl)C(CC)C(=O)NC(C)(C)C)S(=O)(=O)c1ccc(SC)cc1. The fourth-order valence-electron chi connectivity index (χ4n) is 4.56. The molecule has 1 unspecified atom stereocenters. The zero-order valence-electron chi connectivity index (χ0n) is 25.8. The molecule has 1 N–H and O–H groups in total. The third-order valence-corrected chi connectivity index (χ3v) is 9.86. The van der Waals surface area contributed by atoms with E-state index in [1.807, 2.05) is 27.0 Å². The molecule has 3 rings (SSSR count). The molecule has 0 spiro atoms. The minimum atomic E-state index is -4.28. The molecule has 238 valence electrons. The van der Waals surface area contributed by atoms with Gasteiger partial charge in [-0.15, -0.1) is 11.8 Å². The van der Waals surface area contributed by atoms with Gasteiger partial charge in [0.25, 0.3) is 10.0 Å². The molecule has 0 aliphatic carbocycles. The third kappa shape index (κ3) is 8.84. The highest BCUT2D eigenvalue weighted by molar-refractivity contribution is 7.98. The van der Waals surface area contributed by atoms with Crippen molar-refractivity contribution in [2.24, 2.45) is 0 Å². The minimum Gasteiger partial charge on any atom is -0.492 e. The molecule has 2 amide bonds. The molecule has 0 aliphatic rings. The molecule has 0 fully saturated rings. The van der Waals surface area contributed by atoms with Gasteiger partial charge >= 0.3 is 0 Å². The summed E-state index contributed by atoms with van der Waals surface area (Å²) in [6, 6.07) is 17.1. The summed E-state index contributed by atoms with van der Waals surface area (Å²) in [5.41, 5.74) is 0.0678. The Kier molecular flexibility index (Phi) is 12.4. The number of carbonyl (C=O) groups is 2. The summed E-state index contributed by atoms with van der Waals surface area (Å²) in [6.45, 7) is 8.66. The van der Waals surface area contributed by atoms with E-state index in [0.29, 0.717) is 21.4 Å². The topological polar surface area (TPSA) is 96.0 Å². The van der Waals surface area contributed by atoms with Crippen LogP contribution < -0.4 is 14.4 Å². The zero-order valence-corrected chi connectivity index (χ0v) is 28.9. The molecule has 12 heteroatoms. The van der Waals surface area contributed by atoms with Gasteiger partial charge in [0.15, 0.2) is 0 Å². The maximum atomic E-state index is 14.4. The lowest BCUT2D eigenvalue weighted by Gasteiger charge is -2.35. The van der Waals surface area contributed by atoms with Crippen LogP contribution in [-0.2, 0) is 26.2 Å². The second-order valence-electron chi connectivity index (χ2n) is 11.0. The molecule has 0 bridgehead atoms. The van der Waals surface area contributed by atoms with E-state index in [1.54, 1.807) is 68.4 Å². The first kappa shape index (κ1) is 35.6. The standard InChI is InChI=1S/C32H39Cl2N3O5S2/c1-7-27(31(39)35-32(3,4)5)36(20-24-25(33)12-11-13-26(24)34)30(38)21-37(28-14-9-10-15-29(28)42-8-2)44(40,41)23-18-16-22(43-6)17-19-23/h9-19,27H,7-8,20-21H2,1-6H3,(H,35,39). The van der Waals surface area contributed by atoms with Crippen molar-refractivity contribution in [3.63, 3.8) is 0 Å². The van der Waals surface area contributed by atoms with Crippen molar-refractivity contribution in [1.29, 1.82) is 0 Å². The predicted molar refractivity (Wildman–Crippen MR) is 179 cm³/mol. The summed E-state index contributed by atoms with van der Waals surface area (Å²) in [7, 11) is -4.28. The van der Waals surface area contributed by atoms with Crippen LogP contribution in [0.1, 0.15) is 46.6 Å². The number of nitrogens with zero attached hydrogens (tertiary/aromatic N) is 2. The van der Waals surface area contributed by atoms with Crippen LogP contribution in [0.15, 0.2) is 76.5 Å². The summed E-state index contributed by atoms with van der Waals surface area (Å²) in [5.74, 6) is -0.703. The lowest BCUT2D eigenvalue weighted by atomic mass is 10.1. The monoisotopic (exact) mass is 679 g/mol. The Balaban J connectivity index is 2.17. The Morgan fingerprint density at radius 3 is 2.11 bits per heavy atom. The second-order valence-corrected chi connectivity index (χ2v) is 14.5. The van der Waals surface area contributed by atoms with Gasteiger partial charge in [-0.2, -0.15) is 0 Å². The summed E-state index contributed by atoms with van der Waals surface area (Å²) >= 11 is 14.5. The number of sulfonamides is 1. The van der Waals surface area contributed by atoms with Crippen LogP contribution in [-0.4, -0.2) is 56.1 Å². The Morgan fingerprint density at radius 2 is 1.57 bits per heavy atom. The largest absolute Gasteiger partial charge is 0.492 e. The van der Waals surface area contributed by atoms with Crippen LogP contribution in [0.3, 0.4) is 0 Å². The maximum absolute atomic E-state index is 14.4. The van der Waals surface area contributed by atoms with Crippen molar-refractivity contribution in [3.8, 4) is 5.75 Å². The Bertz CT molecular complexity index is 1540. The minimum absolute atomic E-state index is 0.00705. The van der Waals surface area contributed by atoms with Crippen molar-refractivity contribution in [2.45, 2.75) is 69.0 Å². The Labute approximate surface area is 275 Å². The normalized spacial score (nSPS) is 12.4. The van der Waals surface area contributed by atoms with Crippen LogP contribution in [0.2, 0.25) is 10.0 Å². The quantitative estimate of drug-likeness (QED) is 0.195. The summed E-state index contributed by atoms with van der Waals surface area (Å²) in [5, 5.41) is 3.59. The summed E-state index contributed by atoms with van der Waals surface area (Å²) in [6.07, 6.45) is 2.15. The third-order valence-electron chi connectivity index (χ3n) is 6.63. The second kappa shape index (κ2) is 15.4. The van der Waals surface area contributed by atoms with Gasteiger partial charge in [0.2, 0.25) is 11.8 Å². The number of thioether (sulfide) groups is 1. The molecule has 0 aromatic heterocycles. The van der Waals surface area contributed by atoms with Gasteiger partial charge in [0.05, 0.1) is 17.2 Å². The van der Waals surface area contributed by atoms with Crippen LogP contribution in [0, 0.1) is 0 Å². The number of halogens is 2. The number of rotatable bonds is 13. The van der Waals surface area contributed by atoms with Crippen molar-refractivity contribution >= 4 is 62.5 Å². The molecule has 3 aromatic rings. The van der Waals surface area contributed by atoms with Crippen molar-refractivity contribution in [3.05, 3.63) is 82.3 Å². The average molecular weight is 681 g/mol. The molecule has 1 atom stereocenters. The highest BCUT2D eigenvalue weighted by Crippen LogP contribution is 2.34. The first-order valence-corrected chi connectivity index (χ1v) is 17.6. The fraction of sp³-hybridized carbons (Fsp3) is 0.375. The van der Waals surface area contributed by atoms with E-state index in [1.165, 1.54) is 28.8 Å². The van der Waals surface area contributed by atoms with Gasteiger partial charge in [0.1, 0.15) is 18.3 Å². The molecular weight excluding hydrogens is 641 g/mol. The van der Waals surface area contributed by atoms with Gasteiger partial charge in [-0.1, -0.05) is 48.3 Å². The molecule has 0 saturated carbocycles. The van der Waals surface area contributed by atoms with E-state index in [9.17, 15) is 18.0 Å². The lowest BCUT2D eigenvalue weighted by molar-refractivity contribution is -0.141. The van der Waals surface area contributed by atoms with Gasteiger partial charge < -0.3 is 15.0 Å².